The van der Waals surface area contributed by atoms with E-state index in [2.05, 4.69) is 0 Å². The minimum atomic E-state index is -4.47. The zero-order valence-corrected chi connectivity index (χ0v) is 10.00. The number of likely N-dealkylation sites (tertiary alicyclic amines) is 1. The van der Waals surface area contributed by atoms with Gasteiger partial charge in [-0.1, -0.05) is 13.8 Å². The third-order valence-corrected chi connectivity index (χ3v) is 3.45. The molecule has 0 aromatic rings. The molecule has 1 saturated heterocycles. The van der Waals surface area contributed by atoms with Gasteiger partial charge in [-0.05, 0) is 31.8 Å². The number of rotatable bonds is 3. The number of halogens is 3. The van der Waals surface area contributed by atoms with E-state index in [-0.39, 0.29) is 0 Å². The first-order chi connectivity index (χ1) is 7.73. The van der Waals surface area contributed by atoms with Crippen LogP contribution >= 0.6 is 0 Å². The fourth-order valence-electron chi connectivity index (χ4n) is 2.17. The molecule has 6 heteroatoms. The van der Waals surface area contributed by atoms with Gasteiger partial charge in [0.15, 0.2) is 0 Å². The van der Waals surface area contributed by atoms with E-state index in [4.69, 9.17) is 5.11 Å². The first kappa shape index (κ1) is 14.3. The Labute approximate surface area is 98.6 Å². The Bertz CT molecular complexity index is 272. The number of piperidine rings is 1. The van der Waals surface area contributed by atoms with Crippen LogP contribution in [-0.2, 0) is 4.79 Å². The molecule has 1 rings (SSSR count). The Kier molecular flexibility index (Phi) is 4.41. The molecule has 0 unspecified atom stereocenters. The summed E-state index contributed by atoms with van der Waals surface area (Å²) in [7, 11) is 0. The van der Waals surface area contributed by atoms with Gasteiger partial charge in [0.05, 0.1) is 5.92 Å². The van der Waals surface area contributed by atoms with E-state index in [1.807, 2.05) is 6.92 Å². The second-order valence-corrected chi connectivity index (χ2v) is 4.83. The number of aliphatic carboxylic acids is 1. The molecule has 0 spiro atoms. The highest BCUT2D eigenvalue weighted by Crippen LogP contribution is 2.32. The van der Waals surface area contributed by atoms with Crippen LogP contribution in [0.25, 0.3) is 0 Å². The van der Waals surface area contributed by atoms with Crippen LogP contribution in [0.15, 0.2) is 0 Å². The summed E-state index contributed by atoms with van der Waals surface area (Å²) in [5.74, 6) is -2.76. The molecule has 0 saturated carbocycles. The van der Waals surface area contributed by atoms with Crippen LogP contribution in [-0.4, -0.2) is 41.3 Å². The van der Waals surface area contributed by atoms with Crippen LogP contribution in [0.5, 0.6) is 0 Å². The summed E-state index contributed by atoms with van der Waals surface area (Å²) in [5.41, 5.74) is 0. The number of alkyl halides is 3. The molecule has 1 aliphatic heterocycles. The molecule has 17 heavy (non-hydrogen) atoms. The van der Waals surface area contributed by atoms with E-state index in [0.717, 1.165) is 19.8 Å². The highest BCUT2D eigenvalue weighted by molar-refractivity contribution is 5.74. The standard InChI is InChI=1S/C11H18F3NO2/c1-7-3-5-15(6-4-7)9(10(16)17)8(2)11(12,13)14/h7-9H,3-6H2,1-2H3,(H,16,17)/t8-,9-/m0/s1. The summed E-state index contributed by atoms with van der Waals surface area (Å²) in [6, 6.07) is -1.46. The molecular formula is C11H18F3NO2. The van der Waals surface area contributed by atoms with Gasteiger partial charge >= 0.3 is 12.1 Å². The van der Waals surface area contributed by atoms with Crippen molar-refractivity contribution < 1.29 is 23.1 Å². The molecule has 0 bridgehead atoms. The Morgan fingerprint density at radius 1 is 1.35 bits per heavy atom. The lowest BCUT2D eigenvalue weighted by Crippen LogP contribution is -2.52. The highest BCUT2D eigenvalue weighted by Gasteiger charge is 2.47. The second-order valence-electron chi connectivity index (χ2n) is 4.83. The van der Waals surface area contributed by atoms with Crippen molar-refractivity contribution in [1.82, 2.24) is 4.90 Å². The second kappa shape index (κ2) is 5.25. The van der Waals surface area contributed by atoms with Crippen molar-refractivity contribution in [3.05, 3.63) is 0 Å². The lowest BCUT2D eigenvalue weighted by molar-refractivity contribution is -0.196. The Morgan fingerprint density at radius 3 is 2.18 bits per heavy atom. The molecule has 100 valence electrons. The van der Waals surface area contributed by atoms with Crippen LogP contribution in [0, 0.1) is 11.8 Å². The van der Waals surface area contributed by atoms with Crippen molar-refractivity contribution in [2.24, 2.45) is 11.8 Å². The molecule has 1 heterocycles. The van der Waals surface area contributed by atoms with Crippen molar-refractivity contribution in [1.29, 1.82) is 0 Å². The number of carboxylic acid groups (broad SMARTS) is 1. The summed E-state index contributed by atoms with van der Waals surface area (Å²) >= 11 is 0. The van der Waals surface area contributed by atoms with E-state index in [1.54, 1.807) is 0 Å². The monoisotopic (exact) mass is 253 g/mol. The van der Waals surface area contributed by atoms with Gasteiger partial charge in [-0.3, -0.25) is 9.69 Å². The van der Waals surface area contributed by atoms with Gasteiger partial charge in [-0.2, -0.15) is 13.2 Å². The molecule has 0 aromatic carbocycles. The average Bonchev–Trinajstić information content (AvgIpc) is 2.19. The summed E-state index contributed by atoms with van der Waals surface area (Å²) in [5, 5.41) is 8.98. The quantitative estimate of drug-likeness (QED) is 0.839. The molecule has 1 fully saturated rings. The number of nitrogens with zero attached hydrogens (tertiary/aromatic N) is 1. The van der Waals surface area contributed by atoms with Crippen molar-refractivity contribution in [2.45, 2.75) is 38.9 Å². The molecule has 1 N–H and O–H groups in total. The van der Waals surface area contributed by atoms with Gasteiger partial charge in [0.25, 0.3) is 0 Å². The maximum Gasteiger partial charge on any atom is 0.393 e. The van der Waals surface area contributed by atoms with Gasteiger partial charge in [-0.15, -0.1) is 0 Å². The predicted octanol–water partition coefficient (Wildman–Crippen LogP) is 2.37. The minimum absolute atomic E-state index is 0.429. The topological polar surface area (TPSA) is 40.5 Å². The van der Waals surface area contributed by atoms with Gasteiger partial charge in [-0.25, -0.2) is 0 Å². The van der Waals surface area contributed by atoms with Gasteiger partial charge in [0, 0.05) is 0 Å². The molecule has 0 aromatic heterocycles. The summed E-state index contributed by atoms with van der Waals surface area (Å²) in [6.07, 6.45) is -2.95. The van der Waals surface area contributed by atoms with E-state index < -0.39 is 24.1 Å². The van der Waals surface area contributed by atoms with Crippen LogP contribution in [0.2, 0.25) is 0 Å². The first-order valence-corrected chi connectivity index (χ1v) is 5.77. The smallest absolute Gasteiger partial charge is 0.393 e. The van der Waals surface area contributed by atoms with E-state index >= 15 is 0 Å². The maximum atomic E-state index is 12.6. The largest absolute Gasteiger partial charge is 0.480 e. The van der Waals surface area contributed by atoms with Crippen molar-refractivity contribution >= 4 is 5.97 Å². The molecule has 0 radical (unpaired) electrons. The Balaban J connectivity index is 2.76. The van der Waals surface area contributed by atoms with Crippen molar-refractivity contribution in [3.63, 3.8) is 0 Å². The van der Waals surface area contributed by atoms with E-state index in [9.17, 15) is 18.0 Å². The third kappa shape index (κ3) is 3.59. The summed E-state index contributed by atoms with van der Waals surface area (Å²) < 4.78 is 37.8. The first-order valence-electron chi connectivity index (χ1n) is 5.77. The highest BCUT2D eigenvalue weighted by atomic mass is 19.4. The van der Waals surface area contributed by atoms with Crippen molar-refractivity contribution in [3.8, 4) is 0 Å². The van der Waals surface area contributed by atoms with Gasteiger partial charge in [0.1, 0.15) is 6.04 Å². The fourth-order valence-corrected chi connectivity index (χ4v) is 2.17. The third-order valence-electron chi connectivity index (χ3n) is 3.45. The SMILES string of the molecule is CC1CCN([C@H](C(=O)O)[C@H](C)C(F)(F)F)CC1. The van der Waals surface area contributed by atoms with E-state index in [1.165, 1.54) is 4.90 Å². The molecular weight excluding hydrogens is 235 g/mol. The summed E-state index contributed by atoms with van der Waals surface area (Å²) in [6.45, 7) is 3.83. The lowest BCUT2D eigenvalue weighted by Gasteiger charge is -2.37. The Hall–Kier alpha value is -0.780. The van der Waals surface area contributed by atoms with Crippen LogP contribution in [0.3, 0.4) is 0 Å². The lowest BCUT2D eigenvalue weighted by atomic mass is 9.93. The van der Waals surface area contributed by atoms with E-state index in [0.29, 0.717) is 19.0 Å². The molecule has 0 aliphatic carbocycles. The molecule has 0 amide bonds. The Morgan fingerprint density at radius 2 is 1.82 bits per heavy atom. The predicted molar refractivity (Wildman–Crippen MR) is 56.6 cm³/mol. The summed E-state index contributed by atoms with van der Waals surface area (Å²) in [4.78, 5) is 12.5. The van der Waals surface area contributed by atoms with Crippen LogP contribution < -0.4 is 0 Å². The molecule has 2 atom stereocenters. The number of hydrogen-bond acceptors (Lipinski definition) is 2. The van der Waals surface area contributed by atoms with Gasteiger partial charge < -0.3 is 5.11 Å². The van der Waals surface area contributed by atoms with Crippen LogP contribution in [0.4, 0.5) is 13.2 Å². The molecule has 3 nitrogen and oxygen atoms in total. The normalized spacial score (nSPS) is 23.4. The van der Waals surface area contributed by atoms with Gasteiger partial charge in [0.2, 0.25) is 0 Å². The molecule has 1 aliphatic rings. The minimum Gasteiger partial charge on any atom is -0.480 e. The number of carboxylic acids is 1. The number of carbonyl (C=O) groups is 1. The number of hydrogen-bond donors (Lipinski definition) is 1. The fraction of sp³-hybridized carbons (Fsp3) is 0.909. The average molecular weight is 253 g/mol. The maximum absolute atomic E-state index is 12.6. The zero-order valence-electron chi connectivity index (χ0n) is 10.00. The zero-order chi connectivity index (χ0) is 13.2. The van der Waals surface area contributed by atoms with Crippen molar-refractivity contribution in [2.75, 3.05) is 13.1 Å². The van der Waals surface area contributed by atoms with Crippen LogP contribution in [0.1, 0.15) is 26.7 Å².